The summed E-state index contributed by atoms with van der Waals surface area (Å²) in [6.07, 6.45) is 0. The predicted octanol–water partition coefficient (Wildman–Crippen LogP) is 3.70. The zero-order valence-corrected chi connectivity index (χ0v) is 12.8. The van der Waals surface area contributed by atoms with Gasteiger partial charge in [0.15, 0.2) is 11.6 Å². The predicted molar refractivity (Wildman–Crippen MR) is 84.6 cm³/mol. The highest BCUT2D eigenvalue weighted by Gasteiger charge is 2.07. The molecule has 110 valence electrons. The zero-order chi connectivity index (χ0) is 15.4. The van der Waals surface area contributed by atoms with Crippen LogP contribution in [0, 0.1) is 5.82 Å². The molecule has 2 N–H and O–H groups in total. The Morgan fingerprint density at radius 1 is 1.24 bits per heavy atom. The molecular weight excluding hydrogens is 313 g/mol. The SMILES string of the molecule is COc1ccc(COc2ccc(C(N)=S)cc2Cl)cc1F. The molecule has 21 heavy (non-hydrogen) atoms. The van der Waals surface area contributed by atoms with E-state index in [-0.39, 0.29) is 17.3 Å². The van der Waals surface area contributed by atoms with Crippen molar-refractivity contribution in [3.05, 3.63) is 58.4 Å². The Bertz CT molecular complexity index is 679. The van der Waals surface area contributed by atoms with Gasteiger partial charge in [0.2, 0.25) is 0 Å². The van der Waals surface area contributed by atoms with Crippen molar-refractivity contribution in [3.63, 3.8) is 0 Å². The molecule has 2 rings (SSSR count). The molecule has 0 unspecified atom stereocenters. The lowest BCUT2D eigenvalue weighted by atomic mass is 10.2. The summed E-state index contributed by atoms with van der Waals surface area (Å²) in [7, 11) is 1.41. The van der Waals surface area contributed by atoms with Gasteiger partial charge in [0.25, 0.3) is 0 Å². The normalized spacial score (nSPS) is 10.2. The van der Waals surface area contributed by atoms with Crippen LogP contribution in [0.15, 0.2) is 36.4 Å². The largest absolute Gasteiger partial charge is 0.494 e. The minimum absolute atomic E-state index is 0.188. The van der Waals surface area contributed by atoms with Crippen LogP contribution in [0.2, 0.25) is 5.02 Å². The molecule has 0 spiro atoms. The Balaban J connectivity index is 2.09. The van der Waals surface area contributed by atoms with Crippen molar-refractivity contribution in [2.45, 2.75) is 6.61 Å². The number of thiocarbonyl (C=S) groups is 1. The molecule has 0 bridgehead atoms. The first-order valence-electron chi connectivity index (χ1n) is 6.06. The van der Waals surface area contributed by atoms with Crippen LogP contribution in [0.5, 0.6) is 11.5 Å². The van der Waals surface area contributed by atoms with Gasteiger partial charge in [0.05, 0.1) is 12.1 Å². The van der Waals surface area contributed by atoms with E-state index in [0.717, 1.165) is 0 Å². The summed E-state index contributed by atoms with van der Waals surface area (Å²) in [6, 6.07) is 9.66. The third-order valence-electron chi connectivity index (χ3n) is 2.83. The number of nitrogens with two attached hydrogens (primary N) is 1. The molecule has 0 fully saturated rings. The first-order chi connectivity index (χ1) is 10.0. The van der Waals surface area contributed by atoms with Crippen LogP contribution in [0.25, 0.3) is 0 Å². The smallest absolute Gasteiger partial charge is 0.165 e. The Morgan fingerprint density at radius 3 is 2.52 bits per heavy atom. The number of rotatable bonds is 5. The summed E-state index contributed by atoms with van der Waals surface area (Å²) in [6.45, 7) is 0.188. The van der Waals surface area contributed by atoms with Crippen molar-refractivity contribution in [1.29, 1.82) is 0 Å². The topological polar surface area (TPSA) is 44.5 Å². The van der Waals surface area contributed by atoms with E-state index in [9.17, 15) is 4.39 Å². The van der Waals surface area contributed by atoms with Gasteiger partial charge in [-0.05, 0) is 35.9 Å². The summed E-state index contributed by atoms with van der Waals surface area (Å²) in [5.74, 6) is 0.235. The lowest BCUT2D eigenvalue weighted by Crippen LogP contribution is -2.09. The Hall–Kier alpha value is -1.85. The number of methoxy groups -OCH3 is 1. The maximum Gasteiger partial charge on any atom is 0.165 e. The third kappa shape index (κ3) is 3.83. The van der Waals surface area contributed by atoms with E-state index in [1.807, 2.05) is 0 Å². The fourth-order valence-electron chi connectivity index (χ4n) is 1.73. The Labute approximate surface area is 132 Å². The second-order valence-electron chi connectivity index (χ2n) is 4.27. The van der Waals surface area contributed by atoms with E-state index in [1.54, 1.807) is 30.3 Å². The highest BCUT2D eigenvalue weighted by Crippen LogP contribution is 2.27. The average molecular weight is 326 g/mol. The molecule has 3 nitrogen and oxygen atoms in total. The molecule has 0 amide bonds. The van der Waals surface area contributed by atoms with E-state index in [0.29, 0.717) is 21.9 Å². The van der Waals surface area contributed by atoms with Gasteiger partial charge in [-0.2, -0.15) is 0 Å². The number of hydrogen-bond donors (Lipinski definition) is 1. The molecule has 0 aliphatic heterocycles. The summed E-state index contributed by atoms with van der Waals surface area (Å²) in [4.78, 5) is 0.265. The summed E-state index contributed by atoms with van der Waals surface area (Å²) in [5.41, 5.74) is 6.85. The third-order valence-corrected chi connectivity index (χ3v) is 3.36. The van der Waals surface area contributed by atoms with Crippen LogP contribution in [0.4, 0.5) is 4.39 Å². The van der Waals surface area contributed by atoms with Gasteiger partial charge in [0.1, 0.15) is 17.3 Å². The van der Waals surface area contributed by atoms with Crippen molar-refractivity contribution >= 4 is 28.8 Å². The highest BCUT2D eigenvalue weighted by molar-refractivity contribution is 7.80. The maximum atomic E-state index is 13.6. The summed E-state index contributed by atoms with van der Waals surface area (Å²) < 4.78 is 24.0. The quantitative estimate of drug-likeness (QED) is 0.851. The Kier molecular flexibility index (Phi) is 4.98. The van der Waals surface area contributed by atoms with Crippen LogP contribution >= 0.6 is 23.8 Å². The maximum absolute atomic E-state index is 13.6. The van der Waals surface area contributed by atoms with Crippen LogP contribution in [0.1, 0.15) is 11.1 Å². The number of hydrogen-bond acceptors (Lipinski definition) is 3. The van der Waals surface area contributed by atoms with E-state index in [1.165, 1.54) is 13.2 Å². The van der Waals surface area contributed by atoms with E-state index in [4.69, 9.17) is 39.0 Å². The van der Waals surface area contributed by atoms with Crippen LogP contribution in [-0.2, 0) is 6.61 Å². The molecule has 0 heterocycles. The van der Waals surface area contributed by atoms with Gasteiger partial charge >= 0.3 is 0 Å². The summed E-state index contributed by atoms with van der Waals surface area (Å²) in [5, 5.41) is 0.397. The molecule has 2 aromatic carbocycles. The molecule has 6 heteroatoms. The van der Waals surface area contributed by atoms with Gasteiger partial charge in [-0.1, -0.05) is 29.9 Å². The average Bonchev–Trinajstić information content (AvgIpc) is 2.46. The number of halogens is 2. The van der Waals surface area contributed by atoms with Crippen molar-refractivity contribution in [2.24, 2.45) is 5.73 Å². The number of benzene rings is 2. The lowest BCUT2D eigenvalue weighted by molar-refractivity contribution is 0.305. The molecule has 0 aromatic heterocycles. The van der Waals surface area contributed by atoms with Crippen molar-refractivity contribution < 1.29 is 13.9 Å². The molecule has 0 aliphatic rings. The van der Waals surface area contributed by atoms with E-state index in [2.05, 4.69) is 0 Å². The van der Waals surface area contributed by atoms with Crippen LogP contribution in [-0.4, -0.2) is 12.1 Å². The minimum Gasteiger partial charge on any atom is -0.494 e. The fourth-order valence-corrected chi connectivity index (χ4v) is 2.09. The van der Waals surface area contributed by atoms with Crippen LogP contribution in [0.3, 0.4) is 0 Å². The molecule has 2 aromatic rings. The molecule has 0 saturated heterocycles. The molecule has 0 saturated carbocycles. The van der Waals surface area contributed by atoms with Gasteiger partial charge in [0, 0.05) is 5.56 Å². The van der Waals surface area contributed by atoms with Gasteiger partial charge in [-0.3, -0.25) is 0 Å². The van der Waals surface area contributed by atoms with Gasteiger partial charge in [-0.25, -0.2) is 4.39 Å². The fraction of sp³-hybridized carbons (Fsp3) is 0.133. The molecule has 0 atom stereocenters. The number of ether oxygens (including phenoxy) is 2. The van der Waals surface area contributed by atoms with Crippen molar-refractivity contribution in [1.82, 2.24) is 0 Å². The van der Waals surface area contributed by atoms with Gasteiger partial charge < -0.3 is 15.2 Å². The van der Waals surface area contributed by atoms with E-state index < -0.39 is 5.82 Å². The van der Waals surface area contributed by atoms with Crippen molar-refractivity contribution in [2.75, 3.05) is 7.11 Å². The minimum atomic E-state index is -0.437. The second kappa shape index (κ2) is 6.74. The summed E-state index contributed by atoms with van der Waals surface area (Å²) >= 11 is 11.0. The first kappa shape index (κ1) is 15.5. The second-order valence-corrected chi connectivity index (χ2v) is 5.11. The standard InChI is InChI=1S/C15H13ClFNO2S/c1-19-14-4-2-9(6-12(14)17)8-20-13-5-3-10(15(18)21)7-11(13)16/h2-7H,8H2,1H3,(H2,18,21). The highest BCUT2D eigenvalue weighted by atomic mass is 35.5. The Morgan fingerprint density at radius 2 is 1.95 bits per heavy atom. The van der Waals surface area contributed by atoms with Crippen LogP contribution < -0.4 is 15.2 Å². The lowest BCUT2D eigenvalue weighted by Gasteiger charge is -2.10. The molecule has 0 radical (unpaired) electrons. The zero-order valence-electron chi connectivity index (χ0n) is 11.2. The monoisotopic (exact) mass is 325 g/mol. The van der Waals surface area contributed by atoms with Gasteiger partial charge in [-0.15, -0.1) is 0 Å². The van der Waals surface area contributed by atoms with Crippen molar-refractivity contribution in [3.8, 4) is 11.5 Å². The molecular formula is C15H13ClFNO2S. The first-order valence-corrected chi connectivity index (χ1v) is 6.84. The van der Waals surface area contributed by atoms with E-state index >= 15 is 0 Å². The molecule has 0 aliphatic carbocycles.